The largest absolute Gasteiger partial charge is 0.399 e. The minimum atomic E-state index is 0.451. The fourth-order valence-electron chi connectivity index (χ4n) is 4.26. The number of hydrogen-bond donors (Lipinski definition) is 1. The lowest BCUT2D eigenvalue weighted by Crippen LogP contribution is -2.02. The molecule has 0 amide bonds. The summed E-state index contributed by atoms with van der Waals surface area (Å²) < 4.78 is 0. The molecule has 1 heteroatoms. The lowest BCUT2D eigenvalue weighted by Gasteiger charge is -2.19. The van der Waals surface area contributed by atoms with E-state index in [-0.39, 0.29) is 0 Å². The van der Waals surface area contributed by atoms with E-state index in [9.17, 15) is 0 Å². The summed E-state index contributed by atoms with van der Waals surface area (Å²) in [6, 6.07) is 28.5. The summed E-state index contributed by atoms with van der Waals surface area (Å²) in [6.45, 7) is 2.28. The molecule has 0 fully saturated rings. The van der Waals surface area contributed by atoms with Gasteiger partial charge in [0.25, 0.3) is 0 Å². The molecule has 3 aromatic rings. The van der Waals surface area contributed by atoms with E-state index in [0.717, 1.165) is 12.1 Å². The molecule has 158 valence electrons. The highest BCUT2D eigenvalue weighted by Crippen LogP contribution is 2.31. The predicted molar refractivity (Wildman–Crippen MR) is 131 cm³/mol. The molecule has 0 aliphatic heterocycles. The van der Waals surface area contributed by atoms with Crippen molar-refractivity contribution in [2.75, 3.05) is 5.73 Å². The quantitative estimate of drug-likeness (QED) is 0.241. The molecule has 1 atom stereocenters. The molecule has 0 aliphatic rings. The first-order valence-electron chi connectivity index (χ1n) is 11.7. The lowest BCUT2D eigenvalue weighted by atomic mass is 9.86. The topological polar surface area (TPSA) is 26.0 Å². The molecule has 30 heavy (non-hydrogen) atoms. The first-order valence-corrected chi connectivity index (χ1v) is 11.7. The van der Waals surface area contributed by atoms with Gasteiger partial charge in [-0.2, -0.15) is 0 Å². The Balaban J connectivity index is 1.64. The average molecular weight is 400 g/mol. The highest BCUT2D eigenvalue weighted by Gasteiger charge is 2.14. The SMILES string of the molecule is CCCCCCCCCC(c1ccc(N)cc1)c1ccc(Cc2ccccc2)cc1. The molecule has 0 heterocycles. The van der Waals surface area contributed by atoms with Crippen LogP contribution in [0.15, 0.2) is 78.9 Å². The Morgan fingerprint density at radius 3 is 1.77 bits per heavy atom. The van der Waals surface area contributed by atoms with Crippen LogP contribution in [0.2, 0.25) is 0 Å². The van der Waals surface area contributed by atoms with Crippen molar-refractivity contribution in [1.82, 2.24) is 0 Å². The molecule has 0 aromatic heterocycles. The fourth-order valence-corrected chi connectivity index (χ4v) is 4.26. The zero-order chi connectivity index (χ0) is 21.0. The Labute approximate surface area is 183 Å². The van der Waals surface area contributed by atoms with E-state index < -0.39 is 0 Å². The van der Waals surface area contributed by atoms with Crippen molar-refractivity contribution in [1.29, 1.82) is 0 Å². The van der Waals surface area contributed by atoms with Gasteiger partial charge in [-0.3, -0.25) is 0 Å². The van der Waals surface area contributed by atoms with Gasteiger partial charge in [0.15, 0.2) is 0 Å². The van der Waals surface area contributed by atoms with Gasteiger partial charge in [0.2, 0.25) is 0 Å². The van der Waals surface area contributed by atoms with Gasteiger partial charge in [-0.05, 0) is 47.2 Å². The van der Waals surface area contributed by atoms with Gasteiger partial charge in [-0.1, -0.05) is 119 Å². The van der Waals surface area contributed by atoms with Crippen LogP contribution in [0, 0.1) is 0 Å². The first kappa shape index (κ1) is 22.2. The Kier molecular flexibility index (Phi) is 9.03. The van der Waals surface area contributed by atoms with Gasteiger partial charge in [0.1, 0.15) is 0 Å². The predicted octanol–water partition coefficient (Wildman–Crippen LogP) is 8.13. The van der Waals surface area contributed by atoms with Crippen molar-refractivity contribution in [2.45, 2.75) is 70.6 Å². The zero-order valence-electron chi connectivity index (χ0n) is 18.5. The number of benzene rings is 3. The van der Waals surface area contributed by atoms with Crippen LogP contribution in [0.5, 0.6) is 0 Å². The standard InChI is InChI=1S/C29H37N/c1-2-3-4-5-6-7-11-14-29(27-19-21-28(30)22-20-27)26-17-15-25(16-18-26)23-24-12-9-8-10-13-24/h8-10,12-13,15-22,29H,2-7,11,14,23,30H2,1H3. The zero-order valence-corrected chi connectivity index (χ0v) is 18.5. The highest BCUT2D eigenvalue weighted by molar-refractivity contribution is 5.43. The van der Waals surface area contributed by atoms with Crippen LogP contribution in [0.4, 0.5) is 5.69 Å². The molecule has 3 aromatic carbocycles. The van der Waals surface area contributed by atoms with Gasteiger partial charge >= 0.3 is 0 Å². The number of rotatable bonds is 12. The third kappa shape index (κ3) is 7.06. The molecule has 0 saturated heterocycles. The summed E-state index contributed by atoms with van der Waals surface area (Å²) in [6.07, 6.45) is 11.7. The second-order valence-electron chi connectivity index (χ2n) is 8.53. The Morgan fingerprint density at radius 1 is 0.600 bits per heavy atom. The minimum absolute atomic E-state index is 0.451. The van der Waals surface area contributed by atoms with E-state index in [1.54, 1.807) is 0 Å². The smallest absolute Gasteiger partial charge is 0.0314 e. The van der Waals surface area contributed by atoms with E-state index in [4.69, 9.17) is 5.73 Å². The molecular formula is C29H37N. The van der Waals surface area contributed by atoms with Crippen molar-refractivity contribution < 1.29 is 0 Å². The van der Waals surface area contributed by atoms with Crippen molar-refractivity contribution in [3.05, 3.63) is 101 Å². The van der Waals surface area contributed by atoms with Crippen LogP contribution in [0.25, 0.3) is 0 Å². The molecule has 0 radical (unpaired) electrons. The average Bonchev–Trinajstić information content (AvgIpc) is 2.78. The normalized spacial score (nSPS) is 12.0. The second-order valence-corrected chi connectivity index (χ2v) is 8.53. The maximum Gasteiger partial charge on any atom is 0.0314 e. The molecule has 2 N–H and O–H groups in total. The molecule has 0 aliphatic carbocycles. The van der Waals surface area contributed by atoms with Crippen molar-refractivity contribution in [3.63, 3.8) is 0 Å². The van der Waals surface area contributed by atoms with Gasteiger partial charge < -0.3 is 5.73 Å². The van der Waals surface area contributed by atoms with Crippen LogP contribution < -0.4 is 5.73 Å². The van der Waals surface area contributed by atoms with Crippen molar-refractivity contribution in [3.8, 4) is 0 Å². The fraction of sp³-hybridized carbons (Fsp3) is 0.379. The Hall–Kier alpha value is -2.54. The lowest BCUT2D eigenvalue weighted by molar-refractivity contribution is 0.559. The summed E-state index contributed by atoms with van der Waals surface area (Å²) in [4.78, 5) is 0. The summed E-state index contributed by atoms with van der Waals surface area (Å²) in [5.41, 5.74) is 12.3. The summed E-state index contributed by atoms with van der Waals surface area (Å²) in [5, 5.41) is 0. The van der Waals surface area contributed by atoms with Gasteiger partial charge in [-0.25, -0.2) is 0 Å². The van der Waals surface area contributed by atoms with E-state index in [1.165, 1.54) is 73.6 Å². The maximum absolute atomic E-state index is 5.94. The Bertz CT molecular complexity index is 834. The molecule has 0 bridgehead atoms. The number of unbranched alkanes of at least 4 members (excludes halogenated alkanes) is 6. The molecule has 0 saturated carbocycles. The number of nitrogen functional groups attached to an aromatic ring is 1. The minimum Gasteiger partial charge on any atom is -0.399 e. The number of nitrogens with two attached hydrogens (primary N) is 1. The van der Waals surface area contributed by atoms with E-state index in [0.29, 0.717) is 5.92 Å². The van der Waals surface area contributed by atoms with Crippen molar-refractivity contribution >= 4 is 5.69 Å². The number of anilines is 1. The van der Waals surface area contributed by atoms with E-state index in [2.05, 4.69) is 73.7 Å². The third-order valence-corrected chi connectivity index (χ3v) is 6.07. The van der Waals surface area contributed by atoms with E-state index >= 15 is 0 Å². The summed E-state index contributed by atoms with van der Waals surface area (Å²) in [5.74, 6) is 0.451. The molecular weight excluding hydrogens is 362 g/mol. The number of hydrogen-bond acceptors (Lipinski definition) is 1. The molecule has 0 spiro atoms. The highest BCUT2D eigenvalue weighted by atomic mass is 14.5. The maximum atomic E-state index is 5.94. The van der Waals surface area contributed by atoms with Gasteiger partial charge in [0.05, 0.1) is 0 Å². The molecule has 1 unspecified atom stereocenters. The van der Waals surface area contributed by atoms with Crippen LogP contribution >= 0.6 is 0 Å². The van der Waals surface area contributed by atoms with Crippen LogP contribution in [0.1, 0.15) is 86.5 Å². The van der Waals surface area contributed by atoms with E-state index in [1.807, 2.05) is 12.1 Å². The van der Waals surface area contributed by atoms with Gasteiger partial charge in [-0.15, -0.1) is 0 Å². The monoisotopic (exact) mass is 399 g/mol. The summed E-state index contributed by atoms with van der Waals surface area (Å²) >= 11 is 0. The third-order valence-electron chi connectivity index (χ3n) is 6.07. The summed E-state index contributed by atoms with van der Waals surface area (Å²) in [7, 11) is 0. The van der Waals surface area contributed by atoms with Gasteiger partial charge in [0, 0.05) is 11.6 Å². The van der Waals surface area contributed by atoms with Crippen LogP contribution in [0.3, 0.4) is 0 Å². The van der Waals surface area contributed by atoms with Crippen LogP contribution in [-0.2, 0) is 6.42 Å². The van der Waals surface area contributed by atoms with Crippen molar-refractivity contribution in [2.24, 2.45) is 0 Å². The molecule has 1 nitrogen and oxygen atoms in total. The molecule has 3 rings (SSSR count). The Morgan fingerprint density at radius 2 is 1.13 bits per heavy atom. The first-order chi connectivity index (χ1) is 14.8. The van der Waals surface area contributed by atoms with Crippen LogP contribution in [-0.4, -0.2) is 0 Å². The second kappa shape index (κ2) is 12.2.